The van der Waals surface area contributed by atoms with E-state index in [1.165, 1.54) is 16.7 Å². The summed E-state index contributed by atoms with van der Waals surface area (Å²) in [6.45, 7) is 3.69. The second kappa shape index (κ2) is 5.77. The Hall–Kier alpha value is -3.00. The van der Waals surface area contributed by atoms with Crippen LogP contribution < -0.4 is 9.04 Å². The molecule has 1 aromatic carbocycles. The van der Waals surface area contributed by atoms with E-state index in [0.717, 1.165) is 5.56 Å². The minimum atomic E-state index is -3.72. The van der Waals surface area contributed by atoms with Gasteiger partial charge in [-0.1, -0.05) is 18.2 Å². The Morgan fingerprint density at radius 2 is 1.85 bits per heavy atom. The predicted molar refractivity (Wildman–Crippen MR) is 95.5 cm³/mol. The fourth-order valence-electron chi connectivity index (χ4n) is 3.12. The van der Waals surface area contributed by atoms with Gasteiger partial charge in [0.25, 0.3) is 10.0 Å². The molecule has 0 fully saturated rings. The molecule has 0 bridgehead atoms. The molecule has 26 heavy (non-hydrogen) atoms. The van der Waals surface area contributed by atoms with Crippen LogP contribution in [0, 0.1) is 0 Å². The summed E-state index contributed by atoms with van der Waals surface area (Å²) >= 11 is 0. The van der Waals surface area contributed by atoms with Gasteiger partial charge in [-0.2, -0.15) is 4.98 Å². The van der Waals surface area contributed by atoms with E-state index in [4.69, 9.17) is 4.74 Å². The zero-order valence-electron chi connectivity index (χ0n) is 14.2. The third-order valence-electron chi connectivity index (χ3n) is 4.24. The molecule has 0 aliphatic carbocycles. The van der Waals surface area contributed by atoms with Gasteiger partial charge >= 0.3 is 6.01 Å². The minimum absolute atomic E-state index is 0.0532. The third-order valence-corrected chi connectivity index (χ3v) is 6.28. The molecule has 8 heteroatoms. The van der Waals surface area contributed by atoms with Crippen LogP contribution in [0.15, 0.2) is 66.0 Å². The van der Waals surface area contributed by atoms with E-state index in [9.17, 15) is 8.42 Å². The summed E-state index contributed by atoms with van der Waals surface area (Å²) in [5.74, 6) is 0.719. The molecule has 7 nitrogen and oxygen atoms in total. The first-order valence-corrected chi connectivity index (χ1v) is 9.40. The Bertz CT molecular complexity index is 1070. The highest BCUT2D eigenvalue weighted by atomic mass is 32.2. The molecule has 0 saturated heterocycles. The molecule has 0 radical (unpaired) electrons. The van der Waals surface area contributed by atoms with Gasteiger partial charge in [0.2, 0.25) is 0 Å². The van der Waals surface area contributed by atoms with Crippen LogP contribution in [-0.4, -0.2) is 23.4 Å². The number of rotatable bonds is 3. The first kappa shape index (κ1) is 16.5. The van der Waals surface area contributed by atoms with Crippen LogP contribution in [0.4, 0.5) is 5.82 Å². The maximum atomic E-state index is 13.1. The first-order valence-electron chi connectivity index (χ1n) is 7.96. The number of fused-ring (bicyclic) bond motifs is 1. The smallest absolute Gasteiger partial charge is 0.323 e. The molecule has 1 aliphatic heterocycles. The topological polar surface area (TPSA) is 85.3 Å². The van der Waals surface area contributed by atoms with Crippen molar-refractivity contribution in [1.82, 2.24) is 15.0 Å². The van der Waals surface area contributed by atoms with Crippen molar-refractivity contribution in [2.45, 2.75) is 24.3 Å². The van der Waals surface area contributed by atoms with Gasteiger partial charge in [0.1, 0.15) is 5.75 Å². The van der Waals surface area contributed by atoms with Crippen molar-refractivity contribution >= 4 is 15.8 Å². The highest BCUT2D eigenvalue weighted by Gasteiger charge is 2.48. The Morgan fingerprint density at radius 3 is 2.58 bits per heavy atom. The molecular formula is C18H16N4O3S. The molecule has 3 aromatic rings. The molecule has 3 heterocycles. The van der Waals surface area contributed by atoms with Crippen molar-refractivity contribution in [2.75, 3.05) is 4.31 Å². The SMILES string of the molecule is CC1(C)c2ccccc2S(=O)(=O)N1c1ccnc(Oc2cccnc2)n1. The van der Waals surface area contributed by atoms with E-state index in [1.54, 1.807) is 36.5 Å². The van der Waals surface area contributed by atoms with Gasteiger partial charge in [0, 0.05) is 18.5 Å². The fraction of sp³-hybridized carbons (Fsp3) is 0.167. The van der Waals surface area contributed by atoms with Crippen molar-refractivity contribution in [1.29, 1.82) is 0 Å². The highest BCUT2D eigenvalue weighted by molar-refractivity contribution is 7.93. The maximum Gasteiger partial charge on any atom is 0.323 e. The van der Waals surface area contributed by atoms with E-state index in [1.807, 2.05) is 26.0 Å². The van der Waals surface area contributed by atoms with Crippen LogP contribution >= 0.6 is 0 Å². The van der Waals surface area contributed by atoms with E-state index >= 15 is 0 Å². The first-order chi connectivity index (χ1) is 12.4. The number of nitrogens with zero attached hydrogens (tertiary/aromatic N) is 4. The number of benzene rings is 1. The summed E-state index contributed by atoms with van der Waals surface area (Å²) in [4.78, 5) is 12.6. The Morgan fingerprint density at radius 1 is 1.04 bits per heavy atom. The van der Waals surface area contributed by atoms with Gasteiger partial charge < -0.3 is 4.74 Å². The number of hydrogen-bond donors (Lipinski definition) is 0. The molecule has 0 unspecified atom stereocenters. The van der Waals surface area contributed by atoms with Crippen LogP contribution in [0.3, 0.4) is 0 Å². The maximum absolute atomic E-state index is 13.1. The largest absolute Gasteiger partial charge is 0.423 e. The van der Waals surface area contributed by atoms with Gasteiger partial charge in [-0.15, -0.1) is 0 Å². The lowest BCUT2D eigenvalue weighted by molar-refractivity contribution is 0.438. The summed E-state index contributed by atoms with van der Waals surface area (Å²) in [6, 6.07) is 12.0. The Labute approximate surface area is 151 Å². The van der Waals surface area contributed by atoms with E-state index in [0.29, 0.717) is 10.6 Å². The summed E-state index contributed by atoms with van der Waals surface area (Å²) in [5.41, 5.74) is -0.0524. The lowest BCUT2D eigenvalue weighted by Crippen LogP contribution is -2.39. The van der Waals surface area contributed by atoms with E-state index in [2.05, 4.69) is 15.0 Å². The quantitative estimate of drug-likeness (QED) is 0.706. The fourth-order valence-corrected chi connectivity index (χ4v) is 5.21. The van der Waals surface area contributed by atoms with Crippen molar-refractivity contribution in [3.05, 3.63) is 66.6 Å². The van der Waals surface area contributed by atoms with Gasteiger partial charge in [-0.05, 0) is 37.6 Å². The van der Waals surface area contributed by atoms with Gasteiger partial charge in [0.05, 0.1) is 16.6 Å². The summed E-state index contributed by atoms with van der Waals surface area (Å²) in [6.07, 6.45) is 4.63. The van der Waals surface area contributed by atoms with Gasteiger partial charge in [-0.3, -0.25) is 4.98 Å². The zero-order valence-corrected chi connectivity index (χ0v) is 15.0. The number of ether oxygens (including phenoxy) is 1. The average molecular weight is 368 g/mol. The highest BCUT2D eigenvalue weighted by Crippen LogP contribution is 2.45. The average Bonchev–Trinajstić information content (AvgIpc) is 2.78. The third kappa shape index (κ3) is 2.50. The molecule has 1 aliphatic rings. The number of hydrogen-bond acceptors (Lipinski definition) is 6. The van der Waals surface area contributed by atoms with Crippen molar-refractivity contribution in [3.63, 3.8) is 0 Å². The standard InChI is InChI=1S/C18H16N4O3S/c1-18(2)14-7-3-4-8-15(14)26(23,24)22(18)16-9-11-20-17(21-16)25-13-6-5-10-19-12-13/h3-12H,1-2H3. The van der Waals surface area contributed by atoms with Crippen molar-refractivity contribution in [3.8, 4) is 11.8 Å². The van der Waals surface area contributed by atoms with Gasteiger partial charge in [-0.25, -0.2) is 17.7 Å². The second-order valence-corrected chi connectivity index (χ2v) is 8.07. The predicted octanol–water partition coefficient (Wildman–Crippen LogP) is 3.11. The molecule has 132 valence electrons. The molecule has 0 amide bonds. The van der Waals surface area contributed by atoms with Crippen LogP contribution in [-0.2, 0) is 15.6 Å². The van der Waals surface area contributed by atoms with E-state index in [-0.39, 0.29) is 11.8 Å². The van der Waals surface area contributed by atoms with Crippen molar-refractivity contribution < 1.29 is 13.2 Å². The Kier molecular flexibility index (Phi) is 3.66. The monoisotopic (exact) mass is 368 g/mol. The zero-order chi connectivity index (χ0) is 18.4. The molecule has 4 rings (SSSR count). The minimum Gasteiger partial charge on any atom is -0.423 e. The van der Waals surface area contributed by atoms with Crippen LogP contribution in [0.2, 0.25) is 0 Å². The molecule has 2 aromatic heterocycles. The number of aromatic nitrogens is 3. The molecule has 0 N–H and O–H groups in total. The molecule has 0 saturated carbocycles. The molecule has 0 spiro atoms. The molecule has 0 atom stereocenters. The second-order valence-electron chi connectivity index (χ2n) is 6.31. The van der Waals surface area contributed by atoms with Crippen LogP contribution in [0.5, 0.6) is 11.8 Å². The summed E-state index contributed by atoms with van der Waals surface area (Å²) in [5, 5.41) is 0. The van der Waals surface area contributed by atoms with Crippen LogP contribution in [0.1, 0.15) is 19.4 Å². The van der Waals surface area contributed by atoms with Crippen LogP contribution in [0.25, 0.3) is 0 Å². The lowest BCUT2D eigenvalue weighted by atomic mass is 9.94. The van der Waals surface area contributed by atoms with E-state index < -0.39 is 15.6 Å². The lowest BCUT2D eigenvalue weighted by Gasteiger charge is -2.31. The number of pyridine rings is 1. The summed E-state index contributed by atoms with van der Waals surface area (Å²) < 4.78 is 33.1. The Balaban J connectivity index is 1.78. The number of anilines is 1. The van der Waals surface area contributed by atoms with Gasteiger partial charge in [0.15, 0.2) is 5.82 Å². The normalized spacial score (nSPS) is 16.9. The van der Waals surface area contributed by atoms with Crippen molar-refractivity contribution in [2.24, 2.45) is 0 Å². The molecular weight excluding hydrogens is 352 g/mol. The number of sulfonamides is 1. The summed E-state index contributed by atoms with van der Waals surface area (Å²) in [7, 11) is -3.72.